The van der Waals surface area contributed by atoms with Gasteiger partial charge in [0.25, 0.3) is 5.91 Å². The molecule has 0 atom stereocenters. The van der Waals surface area contributed by atoms with Crippen LogP contribution in [0.1, 0.15) is 49.2 Å². The molecule has 1 aromatic heterocycles. The lowest BCUT2D eigenvalue weighted by molar-refractivity contribution is -0.112. The van der Waals surface area contributed by atoms with E-state index >= 15 is 0 Å². The van der Waals surface area contributed by atoms with Crippen molar-refractivity contribution in [1.82, 2.24) is 0 Å². The Morgan fingerprint density at radius 3 is 2.26 bits per heavy atom. The van der Waals surface area contributed by atoms with Gasteiger partial charge in [-0.15, -0.1) is 11.3 Å². The number of hydrogen-bond donors (Lipinski definition) is 1. The second-order valence-electron chi connectivity index (χ2n) is 7.66. The van der Waals surface area contributed by atoms with Gasteiger partial charge < -0.3 is 14.8 Å². The maximum Gasteiger partial charge on any atom is 0.343 e. The molecular formula is C27H24N2O5S. The monoisotopic (exact) mass is 488 g/mol. The molecule has 0 aliphatic heterocycles. The summed E-state index contributed by atoms with van der Waals surface area (Å²) in [5.41, 5.74) is 2.91. The average Bonchev–Trinajstić information content (AvgIpc) is 3.11. The van der Waals surface area contributed by atoms with Crippen molar-refractivity contribution in [3.63, 3.8) is 0 Å². The number of thiophene rings is 1. The van der Waals surface area contributed by atoms with E-state index in [1.807, 2.05) is 32.0 Å². The lowest BCUT2D eigenvalue weighted by Gasteiger charge is -2.07. The Hall–Kier alpha value is -4.22. The summed E-state index contributed by atoms with van der Waals surface area (Å²) in [6, 6.07) is 15.3. The van der Waals surface area contributed by atoms with Crippen LogP contribution in [-0.4, -0.2) is 24.5 Å². The molecule has 0 saturated heterocycles. The van der Waals surface area contributed by atoms with Gasteiger partial charge in [0.15, 0.2) is 0 Å². The van der Waals surface area contributed by atoms with E-state index in [9.17, 15) is 19.6 Å². The highest BCUT2D eigenvalue weighted by Gasteiger charge is 2.23. The molecular weight excluding hydrogens is 464 g/mol. The van der Waals surface area contributed by atoms with Gasteiger partial charge >= 0.3 is 11.9 Å². The van der Waals surface area contributed by atoms with Crippen molar-refractivity contribution in [3.05, 3.63) is 86.8 Å². The van der Waals surface area contributed by atoms with Crippen LogP contribution in [0.3, 0.4) is 0 Å². The third kappa shape index (κ3) is 6.22. The van der Waals surface area contributed by atoms with Crippen molar-refractivity contribution in [1.29, 1.82) is 5.26 Å². The quantitative estimate of drug-likeness (QED) is 0.200. The van der Waals surface area contributed by atoms with Crippen LogP contribution in [0.25, 0.3) is 6.08 Å². The zero-order valence-electron chi connectivity index (χ0n) is 19.8. The number of carbonyl (C=O) groups is 3. The summed E-state index contributed by atoms with van der Waals surface area (Å²) in [6.45, 7) is 7.46. The summed E-state index contributed by atoms with van der Waals surface area (Å²) >= 11 is 1.25. The van der Waals surface area contributed by atoms with Crippen molar-refractivity contribution in [2.24, 2.45) is 0 Å². The molecule has 1 N–H and O–H groups in total. The van der Waals surface area contributed by atoms with Crippen molar-refractivity contribution in [3.8, 4) is 11.8 Å². The molecule has 178 valence electrons. The predicted molar refractivity (Wildman–Crippen MR) is 135 cm³/mol. The molecule has 0 saturated carbocycles. The van der Waals surface area contributed by atoms with Crippen LogP contribution >= 0.6 is 11.3 Å². The Kier molecular flexibility index (Phi) is 8.18. The average molecular weight is 489 g/mol. The van der Waals surface area contributed by atoms with Crippen LogP contribution in [0.2, 0.25) is 0 Å². The van der Waals surface area contributed by atoms with E-state index in [4.69, 9.17) is 9.47 Å². The van der Waals surface area contributed by atoms with E-state index in [2.05, 4.69) is 5.32 Å². The molecule has 0 aliphatic carbocycles. The number of nitriles is 1. The van der Waals surface area contributed by atoms with E-state index in [-0.39, 0.29) is 12.2 Å². The maximum atomic E-state index is 12.8. The summed E-state index contributed by atoms with van der Waals surface area (Å²) < 4.78 is 10.5. The van der Waals surface area contributed by atoms with Gasteiger partial charge in [0.05, 0.1) is 17.7 Å². The number of amides is 1. The topological polar surface area (TPSA) is 105 Å². The third-order valence-corrected chi connectivity index (χ3v) is 6.27. The van der Waals surface area contributed by atoms with Gasteiger partial charge in [0.2, 0.25) is 0 Å². The molecule has 0 spiro atoms. The number of anilines is 1. The molecule has 1 amide bonds. The SMILES string of the molecule is CCOC(=O)c1c(NC(=O)/C(C#N)=C\c2ccc(OC(=O)c3ccc(C)cc3)cc2)sc(C)c1C. The summed E-state index contributed by atoms with van der Waals surface area (Å²) in [5, 5.41) is 12.5. The molecule has 8 heteroatoms. The second-order valence-corrected chi connectivity index (χ2v) is 8.88. The Balaban J connectivity index is 1.74. The first-order valence-corrected chi connectivity index (χ1v) is 11.6. The van der Waals surface area contributed by atoms with Gasteiger partial charge in [0, 0.05) is 4.88 Å². The minimum absolute atomic E-state index is 0.145. The van der Waals surface area contributed by atoms with E-state index in [0.29, 0.717) is 27.4 Å². The lowest BCUT2D eigenvalue weighted by Crippen LogP contribution is -2.16. The smallest absolute Gasteiger partial charge is 0.343 e. The number of nitrogens with one attached hydrogen (secondary N) is 1. The van der Waals surface area contributed by atoms with Gasteiger partial charge in [0.1, 0.15) is 22.4 Å². The van der Waals surface area contributed by atoms with Crippen LogP contribution in [-0.2, 0) is 9.53 Å². The van der Waals surface area contributed by atoms with Crippen molar-refractivity contribution >= 4 is 40.3 Å². The Bertz CT molecular complexity index is 1330. The zero-order valence-corrected chi connectivity index (χ0v) is 20.6. The molecule has 1 heterocycles. The summed E-state index contributed by atoms with van der Waals surface area (Å²) in [7, 11) is 0. The van der Waals surface area contributed by atoms with Crippen molar-refractivity contribution < 1.29 is 23.9 Å². The van der Waals surface area contributed by atoms with E-state index in [0.717, 1.165) is 16.0 Å². The molecule has 0 radical (unpaired) electrons. The highest BCUT2D eigenvalue weighted by molar-refractivity contribution is 7.16. The Labute approximate surface area is 207 Å². The number of benzene rings is 2. The van der Waals surface area contributed by atoms with E-state index in [1.165, 1.54) is 17.4 Å². The maximum absolute atomic E-state index is 12.8. The van der Waals surface area contributed by atoms with Gasteiger partial charge in [-0.2, -0.15) is 5.26 Å². The Morgan fingerprint density at radius 2 is 1.66 bits per heavy atom. The standard InChI is InChI=1S/C27H24N2O5S/c1-5-33-27(32)23-17(3)18(4)35-25(23)29-24(30)21(15-28)14-19-8-12-22(13-9-19)34-26(31)20-10-6-16(2)7-11-20/h6-14H,5H2,1-4H3,(H,29,30)/b21-14-. The van der Waals surface area contributed by atoms with Crippen molar-refractivity contribution in [2.75, 3.05) is 11.9 Å². The number of aryl methyl sites for hydroxylation is 2. The first kappa shape index (κ1) is 25.4. The number of rotatable bonds is 7. The fourth-order valence-electron chi connectivity index (χ4n) is 3.14. The molecule has 0 aliphatic rings. The third-order valence-electron chi connectivity index (χ3n) is 5.15. The van der Waals surface area contributed by atoms with Gasteiger partial charge in [-0.05, 0) is 69.2 Å². The molecule has 0 bridgehead atoms. The number of esters is 2. The lowest BCUT2D eigenvalue weighted by atomic mass is 10.1. The summed E-state index contributed by atoms with van der Waals surface area (Å²) in [6.07, 6.45) is 1.41. The van der Waals surface area contributed by atoms with E-state index < -0.39 is 17.8 Å². The number of nitrogens with zero attached hydrogens (tertiary/aromatic N) is 1. The van der Waals surface area contributed by atoms with Crippen LogP contribution in [0.15, 0.2) is 54.1 Å². The number of carbonyl (C=O) groups excluding carboxylic acids is 3. The Morgan fingerprint density at radius 1 is 1.00 bits per heavy atom. The molecule has 0 fully saturated rings. The first-order valence-electron chi connectivity index (χ1n) is 10.8. The fraction of sp³-hybridized carbons (Fsp3) is 0.185. The van der Waals surface area contributed by atoms with Crippen LogP contribution in [0.5, 0.6) is 5.75 Å². The second kappa shape index (κ2) is 11.3. The molecule has 35 heavy (non-hydrogen) atoms. The minimum atomic E-state index is -0.644. The minimum Gasteiger partial charge on any atom is -0.462 e. The fourth-order valence-corrected chi connectivity index (χ4v) is 4.18. The van der Waals surface area contributed by atoms with Crippen LogP contribution in [0, 0.1) is 32.1 Å². The molecule has 2 aromatic carbocycles. The van der Waals surface area contributed by atoms with Crippen LogP contribution < -0.4 is 10.1 Å². The highest BCUT2D eigenvalue weighted by atomic mass is 32.1. The normalized spacial score (nSPS) is 10.9. The van der Waals surface area contributed by atoms with E-state index in [1.54, 1.807) is 50.2 Å². The molecule has 3 aromatic rings. The van der Waals surface area contributed by atoms with Gasteiger partial charge in [-0.1, -0.05) is 29.8 Å². The number of ether oxygens (including phenoxy) is 2. The van der Waals surface area contributed by atoms with Gasteiger partial charge in [-0.25, -0.2) is 9.59 Å². The highest BCUT2D eigenvalue weighted by Crippen LogP contribution is 2.33. The molecule has 0 unspecified atom stereocenters. The summed E-state index contributed by atoms with van der Waals surface area (Å²) in [4.78, 5) is 38.3. The first-order chi connectivity index (χ1) is 16.7. The van der Waals surface area contributed by atoms with Gasteiger partial charge in [-0.3, -0.25) is 4.79 Å². The molecule has 3 rings (SSSR count). The number of hydrogen-bond acceptors (Lipinski definition) is 7. The zero-order chi connectivity index (χ0) is 25.5. The van der Waals surface area contributed by atoms with Crippen LogP contribution in [0.4, 0.5) is 5.00 Å². The van der Waals surface area contributed by atoms with Crippen molar-refractivity contribution in [2.45, 2.75) is 27.7 Å². The predicted octanol–water partition coefficient (Wildman–Crippen LogP) is 5.61. The summed E-state index contributed by atoms with van der Waals surface area (Å²) in [5.74, 6) is -1.32. The molecule has 7 nitrogen and oxygen atoms in total. The largest absolute Gasteiger partial charge is 0.462 e.